The fraction of sp³-hybridized carbons (Fsp3) is 0.200. The van der Waals surface area contributed by atoms with Crippen molar-refractivity contribution in [3.05, 3.63) is 81.2 Å². The van der Waals surface area contributed by atoms with Crippen LogP contribution in [0.3, 0.4) is 0 Å². The number of methoxy groups -OCH3 is 1. The molecule has 0 amide bonds. The molecule has 4 rings (SSSR count). The number of hydrogen-bond acceptors (Lipinski definition) is 4. The van der Waals surface area contributed by atoms with E-state index in [0.29, 0.717) is 26.9 Å². The Hall–Kier alpha value is -3.02. The van der Waals surface area contributed by atoms with Crippen molar-refractivity contribution in [2.45, 2.75) is 20.8 Å². The van der Waals surface area contributed by atoms with E-state index in [1.165, 1.54) is 0 Å². The van der Waals surface area contributed by atoms with Crippen molar-refractivity contribution in [2.75, 3.05) is 13.7 Å². The number of pyridine rings is 1. The summed E-state index contributed by atoms with van der Waals surface area (Å²) in [5.41, 5.74) is 4.67. The van der Waals surface area contributed by atoms with Crippen molar-refractivity contribution in [1.29, 1.82) is 0 Å². The van der Waals surface area contributed by atoms with Gasteiger partial charge in [0, 0.05) is 33.7 Å². The molecule has 0 saturated heterocycles. The molecule has 0 aliphatic rings. The standard InChI is InChI=1S/C25H22Cl2N2O3/c1-14-5-10-19-21(26)12-22(27)25(24(19)28-14)32-13-23(30)20-11-15(2)29(16(20)3)17-6-8-18(31-4)9-7-17/h5-12H,13H2,1-4H3. The van der Waals surface area contributed by atoms with Gasteiger partial charge in [-0.3, -0.25) is 4.79 Å². The Bertz CT molecular complexity index is 1330. The number of carbonyl (C=O) groups excluding carboxylic acids is 1. The summed E-state index contributed by atoms with van der Waals surface area (Å²) in [7, 11) is 1.63. The number of ether oxygens (including phenoxy) is 2. The third-order valence-corrected chi connectivity index (χ3v) is 5.98. The predicted molar refractivity (Wildman–Crippen MR) is 128 cm³/mol. The summed E-state index contributed by atoms with van der Waals surface area (Å²) < 4.78 is 13.2. The first-order chi connectivity index (χ1) is 15.3. The Morgan fingerprint density at radius 2 is 1.72 bits per heavy atom. The van der Waals surface area contributed by atoms with Gasteiger partial charge in [0.2, 0.25) is 5.78 Å². The number of halogens is 2. The van der Waals surface area contributed by atoms with Gasteiger partial charge in [0.25, 0.3) is 0 Å². The maximum atomic E-state index is 13.1. The molecule has 0 N–H and O–H groups in total. The monoisotopic (exact) mass is 468 g/mol. The Morgan fingerprint density at radius 3 is 2.41 bits per heavy atom. The zero-order chi connectivity index (χ0) is 23.0. The highest BCUT2D eigenvalue weighted by Crippen LogP contribution is 2.37. The largest absolute Gasteiger partial charge is 0.497 e. The number of Topliss-reactive ketones (excluding diaryl/α,β-unsaturated/α-hetero) is 1. The Labute approximate surface area is 196 Å². The van der Waals surface area contributed by atoms with Crippen LogP contribution in [-0.4, -0.2) is 29.1 Å². The first-order valence-corrected chi connectivity index (χ1v) is 10.8. The SMILES string of the molecule is COc1ccc(-n2c(C)cc(C(=O)COc3c(Cl)cc(Cl)c4ccc(C)nc34)c2C)cc1. The molecule has 2 heterocycles. The average molecular weight is 469 g/mol. The minimum atomic E-state index is -0.168. The van der Waals surface area contributed by atoms with E-state index in [-0.39, 0.29) is 12.4 Å². The van der Waals surface area contributed by atoms with Gasteiger partial charge in [0.15, 0.2) is 12.4 Å². The smallest absolute Gasteiger partial charge is 0.202 e. The molecule has 0 radical (unpaired) electrons. The Balaban J connectivity index is 1.63. The van der Waals surface area contributed by atoms with Crippen molar-refractivity contribution in [3.8, 4) is 17.2 Å². The lowest BCUT2D eigenvalue weighted by atomic mass is 10.1. The van der Waals surface area contributed by atoms with E-state index < -0.39 is 0 Å². The lowest BCUT2D eigenvalue weighted by molar-refractivity contribution is 0.0922. The van der Waals surface area contributed by atoms with E-state index in [9.17, 15) is 4.79 Å². The topological polar surface area (TPSA) is 53.4 Å². The summed E-state index contributed by atoms with van der Waals surface area (Å²) in [5.74, 6) is 0.980. The number of hydrogen-bond donors (Lipinski definition) is 0. The van der Waals surface area contributed by atoms with E-state index >= 15 is 0 Å². The van der Waals surface area contributed by atoms with Crippen molar-refractivity contribution in [1.82, 2.24) is 9.55 Å². The minimum Gasteiger partial charge on any atom is -0.497 e. The van der Waals surface area contributed by atoms with Crippen LogP contribution in [0.5, 0.6) is 11.5 Å². The zero-order valence-corrected chi connectivity index (χ0v) is 19.7. The van der Waals surface area contributed by atoms with Crippen LogP contribution in [0, 0.1) is 20.8 Å². The maximum Gasteiger partial charge on any atom is 0.202 e. The molecular formula is C25H22Cl2N2O3. The van der Waals surface area contributed by atoms with Crippen molar-refractivity contribution in [2.24, 2.45) is 0 Å². The van der Waals surface area contributed by atoms with Gasteiger partial charge in [-0.2, -0.15) is 0 Å². The average Bonchev–Trinajstić information content (AvgIpc) is 3.07. The molecule has 2 aromatic heterocycles. The molecule has 32 heavy (non-hydrogen) atoms. The van der Waals surface area contributed by atoms with Crippen LogP contribution in [0.2, 0.25) is 10.0 Å². The summed E-state index contributed by atoms with van der Waals surface area (Å²) in [6.45, 7) is 5.58. The van der Waals surface area contributed by atoms with E-state index in [1.807, 2.05) is 67.8 Å². The molecule has 0 spiro atoms. The number of aromatic nitrogens is 2. The summed E-state index contributed by atoms with van der Waals surface area (Å²) in [4.78, 5) is 17.6. The van der Waals surface area contributed by atoms with Crippen molar-refractivity contribution in [3.63, 3.8) is 0 Å². The molecule has 0 bridgehead atoms. The fourth-order valence-corrected chi connectivity index (χ4v) is 4.39. The third-order valence-electron chi connectivity index (χ3n) is 5.39. The number of ketones is 1. The van der Waals surface area contributed by atoms with Gasteiger partial charge in [0.05, 0.1) is 17.2 Å². The van der Waals surface area contributed by atoms with Crippen LogP contribution in [-0.2, 0) is 0 Å². The fourth-order valence-electron chi connectivity index (χ4n) is 3.82. The molecule has 0 unspecified atom stereocenters. The lowest BCUT2D eigenvalue weighted by Gasteiger charge is -2.13. The molecule has 164 valence electrons. The lowest BCUT2D eigenvalue weighted by Crippen LogP contribution is -2.13. The molecule has 2 aromatic carbocycles. The number of carbonyl (C=O) groups is 1. The third kappa shape index (κ3) is 4.06. The van der Waals surface area contributed by atoms with Crippen LogP contribution in [0.1, 0.15) is 27.4 Å². The summed E-state index contributed by atoms with van der Waals surface area (Å²) in [6, 6.07) is 14.9. The van der Waals surface area contributed by atoms with Crippen molar-refractivity contribution >= 4 is 39.9 Å². The summed E-state index contributed by atoms with van der Waals surface area (Å²) in [5, 5.41) is 1.53. The molecule has 0 aliphatic carbocycles. The maximum absolute atomic E-state index is 13.1. The molecule has 5 nitrogen and oxygen atoms in total. The molecule has 0 fully saturated rings. The minimum absolute atomic E-state index is 0.148. The highest BCUT2D eigenvalue weighted by Gasteiger charge is 2.19. The van der Waals surface area contributed by atoms with E-state index in [1.54, 1.807) is 13.2 Å². The second-order valence-corrected chi connectivity index (χ2v) is 8.36. The van der Waals surface area contributed by atoms with Crippen LogP contribution in [0.15, 0.2) is 48.5 Å². The molecule has 0 saturated carbocycles. The van der Waals surface area contributed by atoms with Gasteiger partial charge >= 0.3 is 0 Å². The molecule has 7 heteroatoms. The molecule has 0 atom stereocenters. The predicted octanol–water partition coefficient (Wildman–Crippen LogP) is 6.53. The Morgan fingerprint density at radius 1 is 1.00 bits per heavy atom. The number of aryl methyl sites for hydroxylation is 2. The van der Waals surface area contributed by atoms with Crippen molar-refractivity contribution < 1.29 is 14.3 Å². The number of rotatable bonds is 6. The first kappa shape index (κ1) is 22.2. The first-order valence-electron chi connectivity index (χ1n) is 10.0. The quantitative estimate of drug-likeness (QED) is 0.302. The number of fused-ring (bicyclic) bond motifs is 1. The van der Waals surface area contributed by atoms with E-state index in [0.717, 1.165) is 33.9 Å². The normalized spacial score (nSPS) is 11.1. The highest BCUT2D eigenvalue weighted by atomic mass is 35.5. The van der Waals surface area contributed by atoms with Crippen LogP contribution < -0.4 is 9.47 Å². The van der Waals surface area contributed by atoms with E-state index in [2.05, 4.69) is 4.98 Å². The highest BCUT2D eigenvalue weighted by molar-refractivity contribution is 6.39. The van der Waals surface area contributed by atoms with Gasteiger partial charge in [-0.05, 0) is 69.3 Å². The van der Waals surface area contributed by atoms with Gasteiger partial charge < -0.3 is 14.0 Å². The second kappa shape index (κ2) is 8.85. The van der Waals surface area contributed by atoms with Gasteiger partial charge in [-0.15, -0.1) is 0 Å². The molecule has 0 aliphatic heterocycles. The zero-order valence-electron chi connectivity index (χ0n) is 18.2. The summed E-state index contributed by atoms with van der Waals surface area (Å²) >= 11 is 12.7. The Kier molecular flexibility index (Phi) is 6.13. The summed E-state index contributed by atoms with van der Waals surface area (Å²) in [6.07, 6.45) is 0. The number of nitrogens with zero attached hydrogens (tertiary/aromatic N) is 2. The van der Waals surface area contributed by atoms with Crippen LogP contribution in [0.25, 0.3) is 16.6 Å². The second-order valence-electron chi connectivity index (χ2n) is 7.55. The molecule has 4 aromatic rings. The number of benzene rings is 2. The van der Waals surface area contributed by atoms with Gasteiger partial charge in [0.1, 0.15) is 11.3 Å². The van der Waals surface area contributed by atoms with Gasteiger partial charge in [-0.25, -0.2) is 4.98 Å². The van der Waals surface area contributed by atoms with E-state index in [4.69, 9.17) is 32.7 Å². The van der Waals surface area contributed by atoms with Crippen LogP contribution >= 0.6 is 23.2 Å². The van der Waals surface area contributed by atoms with Crippen LogP contribution in [0.4, 0.5) is 0 Å². The van der Waals surface area contributed by atoms with Gasteiger partial charge in [-0.1, -0.05) is 23.2 Å². The molecular weight excluding hydrogens is 447 g/mol.